The van der Waals surface area contributed by atoms with Gasteiger partial charge >= 0.3 is 5.97 Å². The summed E-state index contributed by atoms with van der Waals surface area (Å²) in [5.74, 6) is -0.843. The first-order valence-corrected chi connectivity index (χ1v) is 9.41. The molecule has 0 fully saturated rings. The molecule has 0 aliphatic rings. The van der Waals surface area contributed by atoms with Crippen LogP contribution >= 0.6 is 0 Å². The number of Topliss-reactive ketones (excluding diaryl/α,β-unsaturated/α-hetero) is 1. The van der Waals surface area contributed by atoms with Crippen molar-refractivity contribution in [2.24, 2.45) is 0 Å². The fourth-order valence-electron chi connectivity index (χ4n) is 3.53. The summed E-state index contributed by atoms with van der Waals surface area (Å²) in [6.07, 6.45) is 0.699. The summed E-state index contributed by atoms with van der Waals surface area (Å²) in [6.45, 7) is 5.62. The smallest absolute Gasteiger partial charge is 0.338 e. The first kappa shape index (κ1) is 20.3. The highest BCUT2D eigenvalue weighted by atomic mass is 16.5. The number of rotatable bonds is 7. The maximum Gasteiger partial charge on any atom is 0.338 e. The van der Waals surface area contributed by atoms with Crippen molar-refractivity contribution in [1.82, 2.24) is 4.57 Å². The van der Waals surface area contributed by atoms with Gasteiger partial charge in [-0.05, 0) is 44.5 Å². The van der Waals surface area contributed by atoms with Crippen LogP contribution in [-0.4, -0.2) is 29.2 Å². The van der Waals surface area contributed by atoms with Crippen LogP contribution in [0.5, 0.6) is 0 Å². The van der Waals surface area contributed by atoms with Crippen molar-refractivity contribution in [3.8, 4) is 0 Å². The number of carbonyl (C=O) groups excluding carboxylic acids is 3. The van der Waals surface area contributed by atoms with E-state index in [1.54, 1.807) is 0 Å². The molecular weight excluding hydrogens is 366 g/mol. The van der Waals surface area contributed by atoms with E-state index in [4.69, 9.17) is 4.74 Å². The van der Waals surface area contributed by atoms with Gasteiger partial charge in [0, 0.05) is 22.5 Å². The van der Waals surface area contributed by atoms with Gasteiger partial charge in [0.15, 0.2) is 6.61 Å². The highest BCUT2D eigenvalue weighted by Gasteiger charge is 2.21. The Balaban J connectivity index is 1.72. The Morgan fingerprint density at radius 2 is 1.69 bits per heavy atom. The first-order valence-electron chi connectivity index (χ1n) is 9.41. The zero-order chi connectivity index (χ0) is 21.0. The molecule has 148 valence electrons. The molecule has 29 heavy (non-hydrogen) atoms. The fourth-order valence-corrected chi connectivity index (χ4v) is 3.53. The molecule has 3 aromatic rings. The van der Waals surface area contributed by atoms with E-state index in [1.807, 2.05) is 38.1 Å². The molecule has 0 spiro atoms. The summed E-state index contributed by atoms with van der Waals surface area (Å²) in [6, 6.07) is 18.1. The average Bonchev–Trinajstić information content (AvgIpc) is 3.05. The molecule has 0 saturated carbocycles. The molecule has 5 nitrogen and oxygen atoms in total. The summed E-state index contributed by atoms with van der Waals surface area (Å²) >= 11 is 0. The third-order valence-corrected chi connectivity index (χ3v) is 5.07. The fraction of sp³-hybridized carbons (Fsp3) is 0.208. The highest BCUT2D eigenvalue weighted by Crippen LogP contribution is 2.25. The number of esters is 1. The molecule has 2 aromatic carbocycles. The highest BCUT2D eigenvalue weighted by molar-refractivity contribution is 6.00. The molecule has 1 aromatic heterocycles. The predicted octanol–water partition coefficient (Wildman–Crippen LogP) is 4.57. The standard InChI is InChI=1S/C24H23NO4/c1-16-13-22(18(3)25(16)17(2)20-7-5-4-6-8-20)23(27)15-29-24(28)21-11-9-19(14-26)10-12-21/h4-14,17H,15H2,1-3H3/t17-/m1/s1. The molecule has 0 aliphatic heterocycles. The Bertz CT molecular complexity index is 1030. The van der Waals surface area contributed by atoms with Crippen LogP contribution in [0.1, 0.15) is 61.0 Å². The van der Waals surface area contributed by atoms with Crippen molar-refractivity contribution in [2.75, 3.05) is 6.61 Å². The van der Waals surface area contributed by atoms with Crippen LogP contribution in [0.2, 0.25) is 0 Å². The second-order valence-corrected chi connectivity index (χ2v) is 6.98. The van der Waals surface area contributed by atoms with Crippen molar-refractivity contribution in [2.45, 2.75) is 26.8 Å². The van der Waals surface area contributed by atoms with E-state index < -0.39 is 5.97 Å². The van der Waals surface area contributed by atoms with E-state index in [1.165, 1.54) is 24.3 Å². The molecule has 5 heteroatoms. The maximum atomic E-state index is 12.7. The lowest BCUT2D eigenvalue weighted by atomic mass is 10.1. The number of hydrogen-bond acceptors (Lipinski definition) is 4. The Morgan fingerprint density at radius 1 is 1.03 bits per heavy atom. The molecule has 0 amide bonds. The Labute approximate surface area is 169 Å². The molecule has 1 heterocycles. The minimum absolute atomic E-state index is 0.0802. The zero-order valence-corrected chi connectivity index (χ0v) is 16.7. The molecule has 0 aliphatic carbocycles. The van der Waals surface area contributed by atoms with E-state index in [0.29, 0.717) is 23.0 Å². The number of ketones is 1. The number of carbonyl (C=O) groups is 3. The number of benzene rings is 2. The van der Waals surface area contributed by atoms with E-state index in [9.17, 15) is 14.4 Å². The quantitative estimate of drug-likeness (QED) is 0.337. The molecule has 3 rings (SSSR count). The third kappa shape index (κ3) is 4.35. The summed E-state index contributed by atoms with van der Waals surface area (Å²) in [7, 11) is 0. The van der Waals surface area contributed by atoms with Crippen molar-refractivity contribution in [3.63, 3.8) is 0 Å². The Hall–Kier alpha value is -3.47. The maximum absolute atomic E-state index is 12.7. The van der Waals surface area contributed by atoms with Crippen molar-refractivity contribution in [3.05, 3.63) is 94.3 Å². The van der Waals surface area contributed by atoms with E-state index in [-0.39, 0.29) is 18.4 Å². The number of nitrogens with zero attached hydrogens (tertiary/aromatic N) is 1. The zero-order valence-electron chi connectivity index (χ0n) is 16.7. The lowest BCUT2D eigenvalue weighted by molar-refractivity contribution is 0.0474. The van der Waals surface area contributed by atoms with Crippen LogP contribution in [-0.2, 0) is 4.74 Å². The van der Waals surface area contributed by atoms with Gasteiger partial charge in [0.25, 0.3) is 0 Å². The van der Waals surface area contributed by atoms with Gasteiger partial charge in [-0.3, -0.25) is 9.59 Å². The van der Waals surface area contributed by atoms with Gasteiger partial charge in [0.2, 0.25) is 5.78 Å². The van der Waals surface area contributed by atoms with Gasteiger partial charge in [0.1, 0.15) is 6.29 Å². The topological polar surface area (TPSA) is 65.4 Å². The molecule has 0 N–H and O–H groups in total. The van der Waals surface area contributed by atoms with Crippen molar-refractivity contribution < 1.29 is 19.1 Å². The third-order valence-electron chi connectivity index (χ3n) is 5.07. The minimum atomic E-state index is -0.595. The van der Waals surface area contributed by atoms with Crippen molar-refractivity contribution in [1.29, 1.82) is 0 Å². The largest absolute Gasteiger partial charge is 0.454 e. The van der Waals surface area contributed by atoms with Crippen LogP contribution in [0.25, 0.3) is 0 Å². The van der Waals surface area contributed by atoms with E-state index in [0.717, 1.165) is 17.0 Å². The second-order valence-electron chi connectivity index (χ2n) is 6.98. The first-order chi connectivity index (χ1) is 13.9. The minimum Gasteiger partial charge on any atom is -0.454 e. The summed E-state index contributed by atoms with van der Waals surface area (Å²) in [4.78, 5) is 35.5. The number of ether oxygens (including phenoxy) is 1. The van der Waals surface area contributed by atoms with Gasteiger partial charge in [-0.15, -0.1) is 0 Å². The molecule has 0 saturated heterocycles. The summed E-state index contributed by atoms with van der Waals surface area (Å²) in [5.41, 5.74) is 4.28. The molecule has 1 atom stereocenters. The Kier molecular flexibility index (Phi) is 6.07. The van der Waals surface area contributed by atoms with Crippen LogP contribution in [0.15, 0.2) is 60.7 Å². The average molecular weight is 389 g/mol. The monoisotopic (exact) mass is 389 g/mol. The van der Waals surface area contributed by atoms with Crippen LogP contribution in [0.4, 0.5) is 0 Å². The lowest BCUT2D eigenvalue weighted by Gasteiger charge is -2.19. The predicted molar refractivity (Wildman–Crippen MR) is 111 cm³/mol. The Morgan fingerprint density at radius 3 is 2.31 bits per heavy atom. The summed E-state index contributed by atoms with van der Waals surface area (Å²) in [5, 5.41) is 0. The molecule has 0 bridgehead atoms. The van der Waals surface area contributed by atoms with Gasteiger partial charge in [-0.2, -0.15) is 0 Å². The molecule has 0 unspecified atom stereocenters. The van der Waals surface area contributed by atoms with E-state index in [2.05, 4.69) is 23.6 Å². The van der Waals surface area contributed by atoms with Gasteiger partial charge in [-0.25, -0.2) is 4.79 Å². The number of aromatic nitrogens is 1. The van der Waals surface area contributed by atoms with Gasteiger partial charge in [0.05, 0.1) is 11.6 Å². The summed E-state index contributed by atoms with van der Waals surface area (Å²) < 4.78 is 7.29. The van der Waals surface area contributed by atoms with Gasteiger partial charge in [-0.1, -0.05) is 42.5 Å². The number of aryl methyl sites for hydroxylation is 1. The molecule has 0 radical (unpaired) electrons. The number of aldehydes is 1. The van der Waals surface area contributed by atoms with Crippen LogP contribution in [0.3, 0.4) is 0 Å². The van der Waals surface area contributed by atoms with Crippen LogP contribution < -0.4 is 0 Å². The molecular formula is C24H23NO4. The van der Waals surface area contributed by atoms with Crippen LogP contribution in [0, 0.1) is 13.8 Å². The SMILES string of the molecule is Cc1cc(C(=O)COC(=O)c2ccc(C=O)cc2)c(C)n1[C@H](C)c1ccccc1. The number of hydrogen-bond donors (Lipinski definition) is 0. The second kappa shape index (κ2) is 8.69. The van der Waals surface area contributed by atoms with Gasteiger partial charge < -0.3 is 9.30 Å². The van der Waals surface area contributed by atoms with E-state index >= 15 is 0 Å². The van der Waals surface area contributed by atoms with Crippen molar-refractivity contribution >= 4 is 18.0 Å². The normalized spacial score (nSPS) is 11.7. The lowest BCUT2D eigenvalue weighted by Crippen LogP contribution is -2.16.